The first-order valence-electron chi connectivity index (χ1n) is 5.60. The quantitative estimate of drug-likeness (QED) is 0.745. The van der Waals surface area contributed by atoms with E-state index in [0.29, 0.717) is 22.2 Å². The Labute approximate surface area is 113 Å². The van der Waals surface area contributed by atoms with E-state index in [1.807, 2.05) is 13.8 Å². The number of esters is 1. The molecule has 0 saturated carbocycles. The Bertz CT molecular complexity index is 499. The topological polar surface area (TPSA) is 35.5 Å². The molecule has 0 N–H and O–H groups in total. The molecule has 0 saturated heterocycles. The molecule has 2 rings (SSSR count). The van der Waals surface area contributed by atoms with Crippen molar-refractivity contribution in [2.45, 2.75) is 31.8 Å². The molecule has 1 heterocycles. The summed E-state index contributed by atoms with van der Waals surface area (Å²) in [7, 11) is 1.35. The van der Waals surface area contributed by atoms with Crippen molar-refractivity contribution in [1.29, 1.82) is 0 Å². The lowest BCUT2D eigenvalue weighted by Crippen LogP contribution is -2.37. The molecule has 1 aromatic carbocycles. The van der Waals surface area contributed by atoms with Crippen molar-refractivity contribution in [2.75, 3.05) is 7.11 Å². The molecule has 0 amide bonds. The number of fused-ring (bicyclic) bond motifs is 1. The second kappa shape index (κ2) is 4.53. The van der Waals surface area contributed by atoms with Gasteiger partial charge in [0.05, 0.1) is 17.5 Å². The number of hydrogen-bond donors (Lipinski definition) is 0. The molecule has 3 nitrogen and oxygen atoms in total. The van der Waals surface area contributed by atoms with E-state index >= 15 is 0 Å². The van der Waals surface area contributed by atoms with Crippen LogP contribution in [0.25, 0.3) is 0 Å². The normalized spacial score (nSPS) is 20.8. The summed E-state index contributed by atoms with van der Waals surface area (Å²) in [5, 5.41) is 0. The van der Waals surface area contributed by atoms with Gasteiger partial charge in [-0.25, -0.2) is 4.39 Å². The first-order chi connectivity index (χ1) is 8.34. The van der Waals surface area contributed by atoms with Gasteiger partial charge < -0.3 is 9.47 Å². The fourth-order valence-electron chi connectivity index (χ4n) is 2.20. The maximum Gasteiger partial charge on any atom is 0.313 e. The number of benzene rings is 1. The van der Waals surface area contributed by atoms with Crippen LogP contribution in [0, 0.1) is 5.82 Å². The molecule has 0 aliphatic carbocycles. The van der Waals surface area contributed by atoms with Crippen LogP contribution in [0.1, 0.15) is 31.7 Å². The van der Waals surface area contributed by atoms with Gasteiger partial charge in [0.2, 0.25) is 0 Å². The number of halogens is 2. The molecular formula is C13H14BrFO3. The van der Waals surface area contributed by atoms with Crippen LogP contribution in [0.5, 0.6) is 5.75 Å². The monoisotopic (exact) mass is 316 g/mol. The summed E-state index contributed by atoms with van der Waals surface area (Å²) in [4.78, 5) is 11.8. The summed E-state index contributed by atoms with van der Waals surface area (Å²) in [6.07, 6.45) is 0.505. The van der Waals surface area contributed by atoms with Gasteiger partial charge in [-0.3, -0.25) is 4.79 Å². The minimum Gasteiger partial charge on any atom is -0.487 e. The van der Waals surface area contributed by atoms with Crippen LogP contribution in [-0.2, 0) is 9.53 Å². The lowest BCUT2D eigenvalue weighted by Gasteiger charge is -2.36. The average molecular weight is 317 g/mol. The maximum absolute atomic E-state index is 13.5. The summed E-state index contributed by atoms with van der Waals surface area (Å²) in [6, 6.07) is 2.89. The van der Waals surface area contributed by atoms with Crippen LogP contribution < -0.4 is 4.74 Å². The molecule has 0 spiro atoms. The van der Waals surface area contributed by atoms with E-state index < -0.39 is 17.3 Å². The Morgan fingerprint density at radius 2 is 2.22 bits per heavy atom. The van der Waals surface area contributed by atoms with Gasteiger partial charge in [0.25, 0.3) is 0 Å². The molecule has 1 aliphatic rings. The SMILES string of the molecule is COC(=O)C1CC(C)(C)Oc2cc(F)c(Br)cc21. The smallest absolute Gasteiger partial charge is 0.313 e. The van der Waals surface area contributed by atoms with Gasteiger partial charge >= 0.3 is 5.97 Å². The third-order valence-electron chi connectivity index (χ3n) is 3.00. The molecule has 1 unspecified atom stereocenters. The molecule has 1 aliphatic heterocycles. The van der Waals surface area contributed by atoms with Crippen LogP contribution >= 0.6 is 15.9 Å². The lowest BCUT2D eigenvalue weighted by atomic mass is 9.84. The van der Waals surface area contributed by atoms with Gasteiger partial charge in [0.15, 0.2) is 0 Å². The van der Waals surface area contributed by atoms with E-state index in [-0.39, 0.29) is 5.97 Å². The molecule has 0 bridgehead atoms. The highest BCUT2D eigenvalue weighted by Gasteiger charge is 2.38. The van der Waals surface area contributed by atoms with Crippen LogP contribution in [0.2, 0.25) is 0 Å². The van der Waals surface area contributed by atoms with E-state index in [9.17, 15) is 9.18 Å². The first kappa shape index (κ1) is 13.3. The predicted octanol–water partition coefficient (Wildman–Crippen LogP) is 3.41. The number of carbonyl (C=O) groups excluding carboxylic acids is 1. The molecule has 0 fully saturated rings. The average Bonchev–Trinajstić information content (AvgIpc) is 2.28. The molecule has 18 heavy (non-hydrogen) atoms. The molecule has 98 valence electrons. The van der Waals surface area contributed by atoms with Gasteiger partial charge in [-0.05, 0) is 35.8 Å². The maximum atomic E-state index is 13.5. The Morgan fingerprint density at radius 1 is 1.56 bits per heavy atom. The van der Waals surface area contributed by atoms with Gasteiger partial charge in [-0.2, -0.15) is 0 Å². The van der Waals surface area contributed by atoms with Gasteiger partial charge in [-0.1, -0.05) is 0 Å². The van der Waals surface area contributed by atoms with Crippen LogP contribution in [0.3, 0.4) is 0 Å². The highest BCUT2D eigenvalue weighted by Crippen LogP contribution is 2.43. The lowest BCUT2D eigenvalue weighted by molar-refractivity contribution is -0.144. The number of ether oxygens (including phenoxy) is 2. The number of rotatable bonds is 1. The highest BCUT2D eigenvalue weighted by molar-refractivity contribution is 9.10. The summed E-state index contributed by atoms with van der Waals surface area (Å²) >= 11 is 3.12. The van der Waals surface area contributed by atoms with Gasteiger partial charge in [0.1, 0.15) is 17.2 Å². The molecule has 0 aromatic heterocycles. The van der Waals surface area contributed by atoms with Crippen molar-refractivity contribution in [2.24, 2.45) is 0 Å². The zero-order valence-corrected chi connectivity index (χ0v) is 12.0. The van der Waals surface area contributed by atoms with Crippen molar-refractivity contribution in [3.05, 3.63) is 28.0 Å². The number of methoxy groups -OCH3 is 1. The number of carbonyl (C=O) groups is 1. The van der Waals surface area contributed by atoms with Crippen molar-refractivity contribution in [3.63, 3.8) is 0 Å². The van der Waals surface area contributed by atoms with Crippen LogP contribution in [0.15, 0.2) is 16.6 Å². The summed E-state index contributed by atoms with van der Waals surface area (Å²) in [5.74, 6) is -0.755. The van der Waals surface area contributed by atoms with Crippen molar-refractivity contribution >= 4 is 21.9 Å². The number of hydrogen-bond acceptors (Lipinski definition) is 3. The summed E-state index contributed by atoms with van der Waals surface area (Å²) in [6.45, 7) is 3.73. The zero-order chi connectivity index (χ0) is 13.5. The molecule has 1 aromatic rings. The first-order valence-corrected chi connectivity index (χ1v) is 6.39. The minimum absolute atomic E-state index is 0.318. The van der Waals surface area contributed by atoms with Gasteiger partial charge in [0, 0.05) is 18.1 Å². The largest absolute Gasteiger partial charge is 0.487 e. The molecular weight excluding hydrogens is 303 g/mol. The minimum atomic E-state index is -0.522. The van der Waals surface area contributed by atoms with Crippen LogP contribution in [-0.4, -0.2) is 18.7 Å². The standard InChI is InChI=1S/C13H14BrFO3/c1-13(2)6-8(12(16)17-3)7-4-9(14)10(15)5-11(7)18-13/h4-5,8H,6H2,1-3H3. The second-order valence-electron chi connectivity index (χ2n) is 4.95. The van der Waals surface area contributed by atoms with E-state index in [0.717, 1.165) is 0 Å². The zero-order valence-electron chi connectivity index (χ0n) is 10.4. The third-order valence-corrected chi connectivity index (χ3v) is 3.60. The Morgan fingerprint density at radius 3 is 2.83 bits per heavy atom. The molecule has 5 heteroatoms. The van der Waals surface area contributed by atoms with Gasteiger partial charge in [-0.15, -0.1) is 0 Å². The Balaban J connectivity index is 2.53. The van der Waals surface area contributed by atoms with Crippen molar-refractivity contribution < 1.29 is 18.7 Å². The Hall–Kier alpha value is -1.10. The van der Waals surface area contributed by atoms with Crippen molar-refractivity contribution in [1.82, 2.24) is 0 Å². The molecule has 0 radical (unpaired) electrons. The van der Waals surface area contributed by atoms with Crippen molar-refractivity contribution in [3.8, 4) is 5.75 Å². The molecule has 1 atom stereocenters. The second-order valence-corrected chi connectivity index (χ2v) is 5.80. The summed E-state index contributed by atoms with van der Waals surface area (Å²) in [5.41, 5.74) is 0.140. The third kappa shape index (κ3) is 2.36. The predicted molar refractivity (Wildman–Crippen MR) is 68.2 cm³/mol. The fourth-order valence-corrected chi connectivity index (χ4v) is 2.56. The fraction of sp³-hybridized carbons (Fsp3) is 0.462. The van der Waals surface area contributed by atoms with E-state index in [1.54, 1.807) is 6.07 Å². The van der Waals surface area contributed by atoms with E-state index in [4.69, 9.17) is 9.47 Å². The van der Waals surface area contributed by atoms with Crippen LogP contribution in [0.4, 0.5) is 4.39 Å². The Kier molecular flexibility index (Phi) is 3.36. The van der Waals surface area contributed by atoms with E-state index in [2.05, 4.69) is 15.9 Å². The highest BCUT2D eigenvalue weighted by atomic mass is 79.9. The summed E-state index contributed by atoms with van der Waals surface area (Å²) < 4.78 is 24.4. The van der Waals surface area contributed by atoms with E-state index in [1.165, 1.54) is 13.2 Å².